The van der Waals surface area contributed by atoms with Crippen LogP contribution in [0.2, 0.25) is 0 Å². The van der Waals surface area contributed by atoms with E-state index in [0.717, 1.165) is 5.56 Å². The lowest BCUT2D eigenvalue weighted by atomic mass is 10.1. The fraction of sp³-hybridized carbons (Fsp3) is 0.375. The highest BCUT2D eigenvalue weighted by atomic mass is 16.6. The van der Waals surface area contributed by atoms with E-state index in [2.05, 4.69) is 4.98 Å². The van der Waals surface area contributed by atoms with E-state index in [1.165, 1.54) is 12.3 Å². The smallest absolute Gasteiger partial charge is 0.358 e. The van der Waals surface area contributed by atoms with Crippen LogP contribution < -0.4 is 0 Å². The van der Waals surface area contributed by atoms with Crippen molar-refractivity contribution < 1.29 is 4.92 Å². The van der Waals surface area contributed by atoms with E-state index in [1.807, 2.05) is 13.8 Å². The van der Waals surface area contributed by atoms with E-state index >= 15 is 0 Å². The predicted molar refractivity (Wildman–Crippen MR) is 45.0 cm³/mol. The Labute approximate surface area is 70.4 Å². The summed E-state index contributed by atoms with van der Waals surface area (Å²) in [7, 11) is 0. The van der Waals surface area contributed by atoms with Crippen LogP contribution in [-0.2, 0) is 0 Å². The Balaban J connectivity index is 3.04. The van der Waals surface area contributed by atoms with Gasteiger partial charge >= 0.3 is 5.82 Å². The van der Waals surface area contributed by atoms with Crippen molar-refractivity contribution in [2.75, 3.05) is 0 Å². The van der Waals surface area contributed by atoms with Crippen molar-refractivity contribution in [2.24, 2.45) is 0 Å². The monoisotopic (exact) mass is 166 g/mol. The van der Waals surface area contributed by atoms with Gasteiger partial charge in [0.05, 0.1) is 0 Å². The summed E-state index contributed by atoms with van der Waals surface area (Å²) in [4.78, 5) is 13.5. The highest BCUT2D eigenvalue weighted by Gasteiger charge is 2.08. The molecule has 0 aliphatic heterocycles. The second kappa shape index (κ2) is 3.30. The van der Waals surface area contributed by atoms with Gasteiger partial charge in [-0.25, -0.2) is 0 Å². The molecular formula is C8H10N2O2. The maximum atomic E-state index is 10.3. The molecule has 0 bridgehead atoms. The first kappa shape index (κ1) is 8.64. The highest BCUT2D eigenvalue weighted by molar-refractivity contribution is 5.27. The van der Waals surface area contributed by atoms with Gasteiger partial charge in [0.25, 0.3) is 0 Å². The van der Waals surface area contributed by atoms with Gasteiger partial charge in [0.2, 0.25) is 0 Å². The van der Waals surface area contributed by atoms with Gasteiger partial charge < -0.3 is 10.1 Å². The second-order valence-corrected chi connectivity index (χ2v) is 2.86. The number of pyridine rings is 1. The molecule has 0 amide bonds. The van der Waals surface area contributed by atoms with Gasteiger partial charge in [-0.05, 0) is 27.5 Å². The lowest BCUT2D eigenvalue weighted by Gasteiger charge is -2.01. The molecule has 0 radical (unpaired) electrons. The van der Waals surface area contributed by atoms with Gasteiger partial charge in [-0.3, -0.25) is 0 Å². The topological polar surface area (TPSA) is 56.0 Å². The first-order valence-electron chi connectivity index (χ1n) is 3.71. The molecule has 1 heterocycles. The molecular weight excluding hydrogens is 156 g/mol. The molecule has 0 spiro atoms. The molecule has 1 aromatic heterocycles. The third kappa shape index (κ3) is 1.78. The molecule has 12 heavy (non-hydrogen) atoms. The van der Waals surface area contributed by atoms with E-state index in [1.54, 1.807) is 6.07 Å². The van der Waals surface area contributed by atoms with Crippen LogP contribution in [0.5, 0.6) is 0 Å². The fourth-order valence-electron chi connectivity index (χ4n) is 0.893. The van der Waals surface area contributed by atoms with Crippen LogP contribution in [0, 0.1) is 10.1 Å². The maximum Gasteiger partial charge on any atom is 0.363 e. The van der Waals surface area contributed by atoms with Crippen LogP contribution in [-0.4, -0.2) is 9.91 Å². The van der Waals surface area contributed by atoms with Crippen LogP contribution in [0.25, 0.3) is 0 Å². The largest absolute Gasteiger partial charge is 0.363 e. The molecule has 4 heteroatoms. The molecule has 0 aliphatic carbocycles. The van der Waals surface area contributed by atoms with Crippen molar-refractivity contribution in [3.63, 3.8) is 0 Å². The molecule has 4 nitrogen and oxygen atoms in total. The number of aromatic nitrogens is 1. The SMILES string of the molecule is CC(C)c1ccnc([N+](=O)[O-])c1. The van der Waals surface area contributed by atoms with Gasteiger partial charge in [-0.15, -0.1) is 0 Å². The highest BCUT2D eigenvalue weighted by Crippen LogP contribution is 2.17. The Morgan fingerprint density at radius 1 is 1.58 bits per heavy atom. The van der Waals surface area contributed by atoms with E-state index in [0.29, 0.717) is 5.92 Å². The minimum Gasteiger partial charge on any atom is -0.358 e. The molecule has 1 aromatic rings. The van der Waals surface area contributed by atoms with Crippen molar-refractivity contribution in [1.82, 2.24) is 4.98 Å². The van der Waals surface area contributed by atoms with Crippen LogP contribution in [0.4, 0.5) is 5.82 Å². The number of rotatable bonds is 2. The van der Waals surface area contributed by atoms with Crippen molar-refractivity contribution in [3.05, 3.63) is 34.0 Å². The van der Waals surface area contributed by atoms with Crippen LogP contribution in [0.3, 0.4) is 0 Å². The van der Waals surface area contributed by atoms with Crippen LogP contribution in [0.15, 0.2) is 18.3 Å². The third-order valence-corrected chi connectivity index (χ3v) is 1.62. The van der Waals surface area contributed by atoms with E-state index < -0.39 is 4.92 Å². The quantitative estimate of drug-likeness (QED) is 0.499. The number of hydrogen-bond donors (Lipinski definition) is 0. The van der Waals surface area contributed by atoms with Crippen molar-refractivity contribution >= 4 is 5.82 Å². The first-order valence-corrected chi connectivity index (χ1v) is 3.71. The molecule has 0 saturated carbocycles. The van der Waals surface area contributed by atoms with Gasteiger partial charge in [-0.2, -0.15) is 0 Å². The van der Waals surface area contributed by atoms with Crippen molar-refractivity contribution in [2.45, 2.75) is 19.8 Å². The van der Waals surface area contributed by atoms with Crippen molar-refractivity contribution in [1.29, 1.82) is 0 Å². The molecule has 64 valence electrons. The third-order valence-electron chi connectivity index (χ3n) is 1.62. The fourth-order valence-corrected chi connectivity index (χ4v) is 0.893. The summed E-state index contributed by atoms with van der Waals surface area (Å²) in [6.07, 6.45) is 1.47. The summed E-state index contributed by atoms with van der Waals surface area (Å²) in [5.41, 5.74) is 0.941. The van der Waals surface area contributed by atoms with E-state index in [9.17, 15) is 10.1 Å². The average Bonchev–Trinajstić information content (AvgIpc) is 2.04. The minimum absolute atomic E-state index is 0.0822. The maximum absolute atomic E-state index is 10.3. The Hall–Kier alpha value is -1.45. The minimum atomic E-state index is -0.480. The van der Waals surface area contributed by atoms with Crippen LogP contribution >= 0.6 is 0 Å². The zero-order valence-electron chi connectivity index (χ0n) is 7.02. The summed E-state index contributed by atoms with van der Waals surface area (Å²) in [6, 6.07) is 3.29. The zero-order chi connectivity index (χ0) is 9.14. The predicted octanol–water partition coefficient (Wildman–Crippen LogP) is 2.11. The van der Waals surface area contributed by atoms with Gasteiger partial charge in [0.1, 0.15) is 6.20 Å². The first-order chi connectivity index (χ1) is 5.61. The lowest BCUT2D eigenvalue weighted by Crippen LogP contribution is -1.94. The lowest BCUT2D eigenvalue weighted by molar-refractivity contribution is -0.389. The molecule has 0 saturated heterocycles. The summed E-state index contributed by atoms with van der Waals surface area (Å²) >= 11 is 0. The molecule has 0 aliphatic rings. The molecule has 0 unspecified atom stereocenters. The number of hydrogen-bond acceptors (Lipinski definition) is 3. The molecule has 0 N–H and O–H groups in total. The average molecular weight is 166 g/mol. The molecule has 0 fully saturated rings. The number of nitrogens with zero attached hydrogens (tertiary/aromatic N) is 2. The summed E-state index contributed by atoms with van der Waals surface area (Å²) in [5, 5.41) is 10.3. The Morgan fingerprint density at radius 3 is 2.75 bits per heavy atom. The van der Waals surface area contributed by atoms with Gasteiger partial charge in [-0.1, -0.05) is 13.8 Å². The van der Waals surface area contributed by atoms with Gasteiger partial charge in [0, 0.05) is 6.07 Å². The summed E-state index contributed by atoms with van der Waals surface area (Å²) in [6.45, 7) is 3.97. The summed E-state index contributed by atoms with van der Waals surface area (Å²) < 4.78 is 0. The normalized spacial score (nSPS) is 10.2. The second-order valence-electron chi connectivity index (χ2n) is 2.86. The van der Waals surface area contributed by atoms with Gasteiger partial charge in [0.15, 0.2) is 0 Å². The molecule has 0 atom stereocenters. The number of nitro groups is 1. The van der Waals surface area contributed by atoms with Crippen molar-refractivity contribution in [3.8, 4) is 0 Å². The van der Waals surface area contributed by atoms with Crippen LogP contribution in [0.1, 0.15) is 25.3 Å². The molecule has 1 rings (SSSR count). The Morgan fingerprint density at radius 2 is 2.25 bits per heavy atom. The molecule has 0 aromatic carbocycles. The Bertz CT molecular complexity index is 297. The Kier molecular flexibility index (Phi) is 2.38. The summed E-state index contributed by atoms with van der Waals surface area (Å²) in [5.74, 6) is 0.216. The van der Waals surface area contributed by atoms with E-state index in [4.69, 9.17) is 0 Å². The zero-order valence-corrected chi connectivity index (χ0v) is 7.02. The van der Waals surface area contributed by atoms with E-state index in [-0.39, 0.29) is 5.82 Å². The standard InChI is InChI=1S/C8H10N2O2/c1-6(2)7-3-4-9-8(5-7)10(11)12/h3-6H,1-2H3.